The number of amides is 1. The van der Waals surface area contributed by atoms with E-state index in [0.29, 0.717) is 12.8 Å². The van der Waals surface area contributed by atoms with Crippen molar-refractivity contribution in [2.45, 2.75) is 301 Å². The highest BCUT2D eigenvalue weighted by Crippen LogP contribution is 2.26. The van der Waals surface area contributed by atoms with E-state index in [2.05, 4.69) is 50.4 Å². The van der Waals surface area contributed by atoms with Gasteiger partial charge in [0.05, 0.1) is 25.4 Å². The first kappa shape index (κ1) is 63.9. The fourth-order valence-corrected chi connectivity index (χ4v) is 8.68. The van der Waals surface area contributed by atoms with Crippen molar-refractivity contribution in [2.24, 2.45) is 0 Å². The van der Waals surface area contributed by atoms with Crippen molar-refractivity contribution in [1.29, 1.82) is 0 Å². The van der Waals surface area contributed by atoms with E-state index in [9.17, 15) is 35.1 Å². The largest absolute Gasteiger partial charge is 0.454 e. The second-order valence-corrected chi connectivity index (χ2v) is 19.7. The summed E-state index contributed by atoms with van der Waals surface area (Å²) in [4.78, 5) is 26.4. The Bertz CT molecular complexity index is 1240. The molecule has 1 amide bonds. The SMILES string of the molecule is CCCC/C=C\CCCCCCC(O)C(=O)NC(COC1OC(CO)C(O)C(O)C1OC(=O)CCCCCCCCC/C=C/CCCCCCCC)C(O)/C=C/CCCCCCCCCCCC. The normalized spacial score (nSPS) is 20.1. The van der Waals surface area contributed by atoms with Gasteiger partial charge in [-0.15, -0.1) is 0 Å². The summed E-state index contributed by atoms with van der Waals surface area (Å²) in [5.41, 5.74) is 0. The Morgan fingerprint density at radius 2 is 0.985 bits per heavy atom. The highest BCUT2D eigenvalue weighted by Gasteiger charge is 2.47. The van der Waals surface area contributed by atoms with Crippen molar-refractivity contribution in [3.05, 3.63) is 36.5 Å². The van der Waals surface area contributed by atoms with E-state index in [1.54, 1.807) is 6.08 Å². The van der Waals surface area contributed by atoms with E-state index < -0.39 is 67.4 Å². The fraction of sp³-hybridized carbons (Fsp3) is 0.860. The maximum absolute atomic E-state index is 13.3. The average molecular weight is 964 g/mol. The van der Waals surface area contributed by atoms with Gasteiger partial charge in [0.15, 0.2) is 12.4 Å². The number of esters is 1. The molecular weight excluding hydrogens is 859 g/mol. The van der Waals surface area contributed by atoms with Gasteiger partial charge < -0.3 is 45.1 Å². The molecule has 1 aliphatic heterocycles. The molecule has 1 saturated heterocycles. The number of allylic oxidation sites excluding steroid dienone is 5. The maximum Gasteiger partial charge on any atom is 0.306 e. The van der Waals surface area contributed by atoms with Crippen LogP contribution in [-0.2, 0) is 23.8 Å². The van der Waals surface area contributed by atoms with Gasteiger partial charge in [-0.3, -0.25) is 9.59 Å². The van der Waals surface area contributed by atoms with Crippen LogP contribution in [0.5, 0.6) is 0 Å². The van der Waals surface area contributed by atoms with Crippen molar-refractivity contribution >= 4 is 11.9 Å². The molecule has 1 fully saturated rings. The van der Waals surface area contributed by atoms with Crippen molar-refractivity contribution in [1.82, 2.24) is 5.32 Å². The number of aliphatic hydroxyl groups excluding tert-OH is 5. The molecule has 1 rings (SSSR count). The van der Waals surface area contributed by atoms with Crippen LogP contribution in [0.3, 0.4) is 0 Å². The molecule has 0 aliphatic carbocycles. The van der Waals surface area contributed by atoms with Crippen LogP contribution in [0.1, 0.15) is 252 Å². The Kier molecular flexibility index (Phi) is 43.2. The van der Waals surface area contributed by atoms with Gasteiger partial charge in [-0.1, -0.05) is 211 Å². The number of carbonyl (C=O) groups is 2. The average Bonchev–Trinajstić information content (AvgIpc) is 3.33. The number of nitrogens with one attached hydrogen (secondary N) is 1. The number of aliphatic hydroxyl groups is 5. The Labute approximate surface area is 415 Å². The van der Waals surface area contributed by atoms with E-state index >= 15 is 0 Å². The molecule has 0 radical (unpaired) electrons. The number of rotatable bonds is 47. The molecule has 0 spiro atoms. The topological polar surface area (TPSA) is 175 Å². The minimum absolute atomic E-state index is 0.119. The summed E-state index contributed by atoms with van der Waals surface area (Å²) in [6, 6.07) is -1.02. The Hall–Kier alpha value is -2.12. The van der Waals surface area contributed by atoms with Gasteiger partial charge in [-0.2, -0.15) is 0 Å². The molecule has 0 aromatic carbocycles. The van der Waals surface area contributed by atoms with Crippen LogP contribution in [0.2, 0.25) is 0 Å². The van der Waals surface area contributed by atoms with Crippen LogP contribution in [0.4, 0.5) is 0 Å². The number of hydrogen-bond donors (Lipinski definition) is 6. The molecule has 11 heteroatoms. The Balaban J connectivity index is 2.72. The van der Waals surface area contributed by atoms with Gasteiger partial charge >= 0.3 is 5.97 Å². The molecule has 0 saturated carbocycles. The molecule has 0 aromatic rings. The number of ether oxygens (including phenoxy) is 3. The van der Waals surface area contributed by atoms with E-state index in [-0.39, 0.29) is 19.4 Å². The van der Waals surface area contributed by atoms with Crippen LogP contribution in [0.15, 0.2) is 36.5 Å². The molecule has 1 heterocycles. The molecule has 0 aromatic heterocycles. The van der Waals surface area contributed by atoms with Gasteiger partial charge in [0, 0.05) is 6.42 Å². The fourth-order valence-electron chi connectivity index (χ4n) is 8.68. The first-order valence-electron chi connectivity index (χ1n) is 28.3. The summed E-state index contributed by atoms with van der Waals surface area (Å²) in [5, 5.41) is 56.7. The molecule has 8 atom stereocenters. The second-order valence-electron chi connectivity index (χ2n) is 19.7. The standard InChI is InChI=1S/C57H105NO10/c1-4-7-10-13-16-19-22-24-25-26-27-28-30-33-36-39-42-45-52(62)68-55-54(64)53(63)51(46-59)67-57(55)66-47-48(49(60)43-40-37-34-32-29-23-20-17-14-11-8-5-2)58-56(65)50(61)44-41-38-35-31-21-18-15-12-9-6-3/h15,18,24-25,40,43,48-51,53-55,57,59-61,63-64H,4-14,16-17,19-23,26-39,41-42,44-47H2,1-3H3,(H,58,65)/b18-15-,25-24+,43-40+. The lowest BCUT2D eigenvalue weighted by atomic mass is 9.99. The highest BCUT2D eigenvalue weighted by molar-refractivity contribution is 5.80. The van der Waals surface area contributed by atoms with E-state index in [1.807, 2.05) is 6.08 Å². The van der Waals surface area contributed by atoms with E-state index in [1.165, 1.54) is 122 Å². The predicted octanol–water partition coefficient (Wildman–Crippen LogP) is 12.3. The Morgan fingerprint density at radius 1 is 0.559 bits per heavy atom. The molecule has 1 aliphatic rings. The second kappa shape index (κ2) is 46.0. The van der Waals surface area contributed by atoms with Crippen molar-refractivity contribution in [3.63, 3.8) is 0 Å². The number of hydrogen-bond acceptors (Lipinski definition) is 10. The zero-order chi connectivity index (χ0) is 49.7. The van der Waals surface area contributed by atoms with Crippen LogP contribution in [0, 0.1) is 0 Å². The molecule has 0 bridgehead atoms. The molecular formula is C57H105NO10. The summed E-state index contributed by atoms with van der Waals surface area (Å²) < 4.78 is 17.5. The lowest BCUT2D eigenvalue weighted by molar-refractivity contribution is -0.305. The van der Waals surface area contributed by atoms with Crippen LogP contribution >= 0.6 is 0 Å². The summed E-state index contributed by atoms with van der Waals surface area (Å²) in [6.07, 6.45) is 41.9. The molecule has 8 unspecified atom stereocenters. The minimum atomic E-state index is -1.61. The lowest BCUT2D eigenvalue weighted by Crippen LogP contribution is -2.61. The molecule has 6 N–H and O–H groups in total. The third-order valence-corrected chi connectivity index (χ3v) is 13.3. The highest BCUT2D eigenvalue weighted by atomic mass is 16.7. The van der Waals surface area contributed by atoms with Gasteiger partial charge in [0.1, 0.15) is 24.4 Å². The van der Waals surface area contributed by atoms with Gasteiger partial charge in [-0.25, -0.2) is 0 Å². The van der Waals surface area contributed by atoms with Crippen LogP contribution in [0.25, 0.3) is 0 Å². The first-order valence-corrected chi connectivity index (χ1v) is 28.3. The Morgan fingerprint density at radius 3 is 1.47 bits per heavy atom. The van der Waals surface area contributed by atoms with Crippen molar-refractivity contribution < 1.29 is 49.3 Å². The van der Waals surface area contributed by atoms with Gasteiger partial charge in [0.25, 0.3) is 0 Å². The third kappa shape index (κ3) is 34.2. The van der Waals surface area contributed by atoms with Crippen LogP contribution < -0.4 is 5.32 Å². The quantitative estimate of drug-likeness (QED) is 0.0196. The predicted molar refractivity (Wildman–Crippen MR) is 278 cm³/mol. The summed E-state index contributed by atoms with van der Waals surface area (Å²) >= 11 is 0. The van der Waals surface area contributed by atoms with Gasteiger partial charge in [-0.05, 0) is 70.6 Å². The first-order chi connectivity index (χ1) is 33.2. The van der Waals surface area contributed by atoms with E-state index in [4.69, 9.17) is 14.2 Å². The summed E-state index contributed by atoms with van der Waals surface area (Å²) in [6.45, 7) is 5.72. The third-order valence-electron chi connectivity index (χ3n) is 13.3. The monoisotopic (exact) mass is 964 g/mol. The summed E-state index contributed by atoms with van der Waals surface area (Å²) in [7, 11) is 0. The van der Waals surface area contributed by atoms with Gasteiger partial charge in [0.2, 0.25) is 5.91 Å². The van der Waals surface area contributed by atoms with Crippen molar-refractivity contribution in [2.75, 3.05) is 13.2 Å². The van der Waals surface area contributed by atoms with E-state index in [0.717, 1.165) is 83.5 Å². The van der Waals surface area contributed by atoms with Crippen LogP contribution in [-0.4, -0.2) is 99.6 Å². The zero-order valence-corrected chi connectivity index (χ0v) is 43.7. The molecule has 68 heavy (non-hydrogen) atoms. The summed E-state index contributed by atoms with van der Waals surface area (Å²) in [5.74, 6) is -1.21. The minimum Gasteiger partial charge on any atom is -0.454 e. The molecule has 11 nitrogen and oxygen atoms in total. The molecule has 398 valence electrons. The number of carbonyl (C=O) groups excluding carboxylic acids is 2. The van der Waals surface area contributed by atoms with Crippen molar-refractivity contribution in [3.8, 4) is 0 Å². The maximum atomic E-state index is 13.3. The smallest absolute Gasteiger partial charge is 0.306 e. The number of unbranched alkanes of at least 4 members (excludes halogenated alkanes) is 29. The lowest BCUT2D eigenvalue weighted by Gasteiger charge is -2.41. The zero-order valence-electron chi connectivity index (χ0n) is 43.7.